The molecule has 0 aliphatic heterocycles. The first-order chi connectivity index (χ1) is 22.1. The molecule has 1 aliphatic rings. The van der Waals surface area contributed by atoms with Gasteiger partial charge < -0.3 is 4.42 Å². The summed E-state index contributed by atoms with van der Waals surface area (Å²) in [5.74, 6) is 0.728. The molecular formula is C41H26N2OS. The van der Waals surface area contributed by atoms with E-state index in [4.69, 9.17) is 14.4 Å². The Morgan fingerprint density at radius 3 is 2.27 bits per heavy atom. The first kappa shape index (κ1) is 25.1. The molecule has 0 atom stereocenters. The lowest BCUT2D eigenvalue weighted by Crippen LogP contribution is -2.14. The molecule has 10 rings (SSSR count). The number of fused-ring (bicyclic) bond motifs is 12. The van der Waals surface area contributed by atoms with Gasteiger partial charge in [-0.25, -0.2) is 9.97 Å². The van der Waals surface area contributed by atoms with Crippen molar-refractivity contribution in [1.29, 1.82) is 0 Å². The lowest BCUT2D eigenvalue weighted by Gasteiger charge is -2.21. The molecule has 3 aromatic heterocycles. The van der Waals surface area contributed by atoms with Crippen molar-refractivity contribution in [3.8, 4) is 33.8 Å². The third-order valence-electron chi connectivity index (χ3n) is 9.69. The molecule has 212 valence electrons. The number of hydrogen-bond donors (Lipinski definition) is 0. The largest absolute Gasteiger partial charge is 0.455 e. The fourth-order valence-corrected chi connectivity index (χ4v) is 8.64. The molecular weight excluding hydrogens is 569 g/mol. The molecule has 0 amide bonds. The van der Waals surface area contributed by atoms with Crippen LogP contribution in [0, 0.1) is 0 Å². The van der Waals surface area contributed by atoms with Crippen molar-refractivity contribution in [2.75, 3.05) is 0 Å². The van der Waals surface area contributed by atoms with Gasteiger partial charge in [0.25, 0.3) is 0 Å². The molecule has 4 heteroatoms. The van der Waals surface area contributed by atoms with Crippen LogP contribution in [0.4, 0.5) is 0 Å². The second kappa shape index (κ2) is 8.87. The number of rotatable bonds is 2. The van der Waals surface area contributed by atoms with E-state index in [-0.39, 0.29) is 5.41 Å². The molecule has 3 heterocycles. The summed E-state index contributed by atoms with van der Waals surface area (Å²) in [4.78, 5) is 10.6. The van der Waals surface area contributed by atoms with Crippen LogP contribution in [-0.2, 0) is 5.41 Å². The van der Waals surface area contributed by atoms with Gasteiger partial charge in [0.15, 0.2) is 5.82 Å². The van der Waals surface area contributed by atoms with Crippen LogP contribution in [0.2, 0.25) is 0 Å². The van der Waals surface area contributed by atoms with E-state index in [0.717, 1.165) is 55.5 Å². The first-order valence-electron chi connectivity index (χ1n) is 15.3. The Morgan fingerprint density at radius 2 is 1.38 bits per heavy atom. The fraction of sp³-hybridized carbons (Fsp3) is 0.0732. The summed E-state index contributed by atoms with van der Waals surface area (Å²) in [6.45, 7) is 4.62. The summed E-state index contributed by atoms with van der Waals surface area (Å²) in [6, 6.07) is 43.1. The van der Waals surface area contributed by atoms with Crippen molar-refractivity contribution in [2.24, 2.45) is 0 Å². The number of benzene rings is 6. The lowest BCUT2D eigenvalue weighted by molar-refractivity contribution is 0.653. The molecule has 0 N–H and O–H groups in total. The monoisotopic (exact) mass is 594 g/mol. The van der Waals surface area contributed by atoms with Crippen LogP contribution in [-0.4, -0.2) is 9.97 Å². The number of thiophene rings is 1. The maximum Gasteiger partial charge on any atom is 0.160 e. The Bertz CT molecular complexity index is 2680. The van der Waals surface area contributed by atoms with Crippen molar-refractivity contribution >= 4 is 64.4 Å². The van der Waals surface area contributed by atoms with E-state index in [0.29, 0.717) is 0 Å². The Morgan fingerprint density at radius 1 is 0.600 bits per heavy atom. The predicted molar refractivity (Wildman–Crippen MR) is 188 cm³/mol. The van der Waals surface area contributed by atoms with Crippen LogP contribution in [0.15, 0.2) is 126 Å². The van der Waals surface area contributed by atoms with Gasteiger partial charge in [-0.3, -0.25) is 0 Å². The van der Waals surface area contributed by atoms with Gasteiger partial charge in [-0.1, -0.05) is 105 Å². The number of nitrogens with zero attached hydrogens (tertiary/aromatic N) is 2. The number of furan rings is 1. The molecule has 0 radical (unpaired) electrons. The number of aromatic nitrogens is 2. The molecule has 0 unspecified atom stereocenters. The molecule has 45 heavy (non-hydrogen) atoms. The second-order valence-corrected chi connectivity index (χ2v) is 13.6. The van der Waals surface area contributed by atoms with E-state index in [1.807, 2.05) is 17.4 Å². The molecule has 3 nitrogen and oxygen atoms in total. The molecule has 0 saturated heterocycles. The van der Waals surface area contributed by atoms with E-state index in [9.17, 15) is 0 Å². The van der Waals surface area contributed by atoms with Gasteiger partial charge in [0, 0.05) is 58.4 Å². The van der Waals surface area contributed by atoms with Gasteiger partial charge in [0.05, 0.1) is 11.2 Å². The van der Waals surface area contributed by atoms with Gasteiger partial charge >= 0.3 is 0 Å². The Kier molecular flexibility index (Phi) is 4.94. The van der Waals surface area contributed by atoms with Gasteiger partial charge in [-0.2, -0.15) is 0 Å². The molecule has 6 aromatic carbocycles. The molecule has 1 aliphatic carbocycles. The summed E-state index contributed by atoms with van der Waals surface area (Å²) in [5, 5.41) is 5.89. The highest BCUT2D eigenvalue weighted by Crippen LogP contribution is 2.53. The smallest absolute Gasteiger partial charge is 0.160 e. The van der Waals surface area contributed by atoms with E-state index in [1.165, 1.54) is 42.4 Å². The topological polar surface area (TPSA) is 38.9 Å². The zero-order valence-electron chi connectivity index (χ0n) is 24.8. The normalized spacial score (nSPS) is 13.7. The van der Waals surface area contributed by atoms with E-state index in [2.05, 4.69) is 129 Å². The van der Waals surface area contributed by atoms with Crippen molar-refractivity contribution in [3.05, 3.63) is 132 Å². The quantitative estimate of drug-likeness (QED) is 0.200. The Hall–Kier alpha value is -5.32. The highest BCUT2D eigenvalue weighted by atomic mass is 32.1. The van der Waals surface area contributed by atoms with E-state index >= 15 is 0 Å². The van der Waals surface area contributed by atoms with E-state index < -0.39 is 0 Å². The van der Waals surface area contributed by atoms with Crippen LogP contribution >= 0.6 is 11.3 Å². The molecule has 0 spiro atoms. The third kappa shape index (κ3) is 3.40. The summed E-state index contributed by atoms with van der Waals surface area (Å²) in [7, 11) is 0. The Balaban J connectivity index is 1.26. The summed E-state index contributed by atoms with van der Waals surface area (Å²) < 4.78 is 9.09. The SMILES string of the molecule is CC1(C)c2ccc(-c3nc(-c4ccccc4)c4c(ccc5sc6ccccc6c54)n3)cc2-c2c1ccc1c2oc2ccccc21. The fourth-order valence-electron chi connectivity index (χ4n) is 7.53. The number of para-hydroxylation sites is 1. The summed E-state index contributed by atoms with van der Waals surface area (Å²) in [5.41, 5.74) is 10.7. The highest BCUT2D eigenvalue weighted by molar-refractivity contribution is 7.26. The van der Waals surface area contributed by atoms with Crippen molar-refractivity contribution < 1.29 is 4.42 Å². The minimum absolute atomic E-state index is 0.151. The zero-order chi connectivity index (χ0) is 29.9. The average molecular weight is 595 g/mol. The molecule has 0 fully saturated rings. The second-order valence-electron chi connectivity index (χ2n) is 12.5. The zero-order valence-corrected chi connectivity index (χ0v) is 25.6. The lowest BCUT2D eigenvalue weighted by atomic mass is 9.82. The van der Waals surface area contributed by atoms with Gasteiger partial charge in [-0.15, -0.1) is 11.3 Å². The standard InChI is InChI=1S/C41H26N2OS/c1-41(2)29-18-16-24(22-28(29)35-30(41)19-17-26-25-12-6-8-14-32(25)44-39(26)35)40-42-31-20-21-34-36(27-13-7-9-15-33(27)45-34)37(31)38(43-40)23-10-4-3-5-11-23/h3-22H,1-2H3. The van der Waals surface area contributed by atoms with Gasteiger partial charge in [-0.05, 0) is 47.0 Å². The van der Waals surface area contributed by atoms with E-state index in [1.54, 1.807) is 0 Å². The third-order valence-corrected chi connectivity index (χ3v) is 10.8. The van der Waals surface area contributed by atoms with Gasteiger partial charge in [0.2, 0.25) is 0 Å². The van der Waals surface area contributed by atoms with Gasteiger partial charge in [0.1, 0.15) is 11.2 Å². The van der Waals surface area contributed by atoms with Crippen molar-refractivity contribution in [1.82, 2.24) is 9.97 Å². The van der Waals surface area contributed by atoms with Crippen molar-refractivity contribution in [2.45, 2.75) is 19.3 Å². The minimum Gasteiger partial charge on any atom is -0.455 e. The molecule has 0 bridgehead atoms. The summed E-state index contributed by atoms with van der Waals surface area (Å²) in [6.07, 6.45) is 0. The Labute approximate surface area is 263 Å². The average Bonchev–Trinajstić information content (AvgIpc) is 3.72. The van der Waals surface area contributed by atoms with Crippen molar-refractivity contribution in [3.63, 3.8) is 0 Å². The minimum atomic E-state index is -0.151. The molecule has 9 aromatic rings. The van der Waals surface area contributed by atoms with Crippen LogP contribution in [0.1, 0.15) is 25.0 Å². The summed E-state index contributed by atoms with van der Waals surface area (Å²) >= 11 is 1.83. The maximum atomic E-state index is 6.56. The first-order valence-corrected chi connectivity index (χ1v) is 16.2. The number of hydrogen-bond acceptors (Lipinski definition) is 4. The van der Waals surface area contributed by atoms with Crippen LogP contribution in [0.3, 0.4) is 0 Å². The van der Waals surface area contributed by atoms with Crippen LogP contribution in [0.5, 0.6) is 0 Å². The maximum absolute atomic E-state index is 6.56. The van der Waals surface area contributed by atoms with Crippen LogP contribution < -0.4 is 0 Å². The predicted octanol–water partition coefficient (Wildman–Crippen LogP) is 11.5. The highest BCUT2D eigenvalue weighted by Gasteiger charge is 2.38. The molecule has 0 saturated carbocycles. The van der Waals surface area contributed by atoms with Crippen LogP contribution in [0.25, 0.3) is 86.8 Å².